The lowest BCUT2D eigenvalue weighted by molar-refractivity contribution is -0.301. The summed E-state index contributed by atoms with van der Waals surface area (Å²) in [5.41, 5.74) is 2.55. The van der Waals surface area contributed by atoms with Crippen LogP contribution < -0.4 is 11.1 Å². The van der Waals surface area contributed by atoms with Crippen molar-refractivity contribution in [2.75, 3.05) is 47.3 Å². The van der Waals surface area contributed by atoms with Gasteiger partial charge in [-0.3, -0.25) is 0 Å². The highest BCUT2D eigenvalue weighted by Gasteiger charge is 2.90. The quantitative estimate of drug-likeness (QED) is 0.283. The molecule has 1 aromatic rings. The smallest absolute Gasteiger partial charge is 0.340 e. The molecule has 40 heavy (non-hydrogen) atoms. The minimum Gasteiger partial charge on any atom is -0.461 e. The monoisotopic (exact) mass is 558 g/mol. The van der Waals surface area contributed by atoms with Gasteiger partial charge in [0.2, 0.25) is 0 Å². The minimum atomic E-state index is -1.63. The number of benzene rings is 1. The van der Waals surface area contributed by atoms with Crippen molar-refractivity contribution in [1.29, 1.82) is 0 Å². The van der Waals surface area contributed by atoms with Gasteiger partial charge in [-0.1, -0.05) is 12.1 Å². The van der Waals surface area contributed by atoms with Gasteiger partial charge < -0.3 is 44.9 Å². The molecule has 10 heteroatoms. The molecule has 1 aliphatic heterocycles. The van der Waals surface area contributed by atoms with Crippen molar-refractivity contribution in [3.05, 3.63) is 29.8 Å². The van der Waals surface area contributed by atoms with Crippen molar-refractivity contribution in [1.82, 2.24) is 5.32 Å². The molecule has 6 fully saturated rings. The summed E-state index contributed by atoms with van der Waals surface area (Å²) in [6.45, 7) is 0.672. The summed E-state index contributed by atoms with van der Waals surface area (Å²) in [6, 6.07) is 6.44. The molecular weight excluding hydrogens is 516 g/mol. The van der Waals surface area contributed by atoms with E-state index in [2.05, 4.69) is 5.32 Å². The summed E-state index contributed by atoms with van der Waals surface area (Å²) in [6.07, 6.45) is 1.16. The molecule has 13 unspecified atom stereocenters. The Bertz CT molecular complexity index is 1200. The molecule has 0 aromatic heterocycles. The number of methoxy groups -OCH3 is 4. The lowest BCUT2D eigenvalue weighted by Crippen LogP contribution is -2.81. The highest BCUT2D eigenvalue weighted by molar-refractivity contribution is 5.95. The summed E-state index contributed by atoms with van der Waals surface area (Å²) < 4.78 is 30.7. The first-order valence-electron chi connectivity index (χ1n) is 14.5. The largest absolute Gasteiger partial charge is 0.461 e. The number of aliphatic hydroxyl groups is 2. The van der Waals surface area contributed by atoms with Crippen LogP contribution in [0, 0.1) is 34.5 Å². The number of hydrogen-bond donors (Lipinski definition) is 4. The van der Waals surface area contributed by atoms with Gasteiger partial charge in [0.25, 0.3) is 0 Å². The van der Waals surface area contributed by atoms with Crippen LogP contribution in [-0.2, 0) is 23.7 Å². The number of para-hydroxylation sites is 1. The van der Waals surface area contributed by atoms with Crippen molar-refractivity contribution in [2.24, 2.45) is 34.5 Å². The Labute approximate surface area is 234 Å². The maximum absolute atomic E-state index is 13.2. The van der Waals surface area contributed by atoms with Crippen molar-refractivity contribution < 1.29 is 38.7 Å². The number of nitrogen functional groups attached to an aromatic ring is 1. The number of ether oxygens (including phenoxy) is 5. The number of nitrogens with one attached hydrogen (secondary N) is 1. The number of hydrogen-bond acceptors (Lipinski definition) is 10. The Morgan fingerprint density at radius 1 is 1.10 bits per heavy atom. The fourth-order valence-electron chi connectivity index (χ4n) is 11.3. The molecule has 220 valence electrons. The van der Waals surface area contributed by atoms with E-state index in [1.165, 1.54) is 0 Å². The fourth-order valence-corrected chi connectivity index (χ4v) is 11.3. The minimum absolute atomic E-state index is 0.0130. The van der Waals surface area contributed by atoms with Gasteiger partial charge in [-0.2, -0.15) is 0 Å². The molecule has 1 saturated heterocycles. The molecule has 5 N–H and O–H groups in total. The van der Waals surface area contributed by atoms with Crippen LogP contribution in [0.25, 0.3) is 0 Å². The zero-order valence-electron chi connectivity index (χ0n) is 23.7. The summed E-state index contributed by atoms with van der Waals surface area (Å²) in [7, 11) is 6.72. The first-order chi connectivity index (χ1) is 19.2. The van der Waals surface area contributed by atoms with Gasteiger partial charge in [-0.25, -0.2) is 4.79 Å². The number of anilines is 1. The number of fused-ring (bicyclic) bond motifs is 2. The third kappa shape index (κ3) is 2.86. The highest BCUT2D eigenvalue weighted by Crippen LogP contribution is 2.79. The van der Waals surface area contributed by atoms with Crippen molar-refractivity contribution >= 4 is 11.7 Å². The third-order valence-electron chi connectivity index (χ3n) is 12.4. The van der Waals surface area contributed by atoms with E-state index in [0.717, 1.165) is 19.3 Å². The molecule has 0 amide bonds. The Kier molecular flexibility index (Phi) is 5.99. The summed E-state index contributed by atoms with van der Waals surface area (Å²) >= 11 is 0. The normalized spacial score (nSPS) is 51.5. The molecule has 10 nitrogen and oxygen atoms in total. The van der Waals surface area contributed by atoms with Gasteiger partial charge in [-0.15, -0.1) is 0 Å². The second-order valence-corrected chi connectivity index (χ2v) is 13.2. The standard InChI is InChI=1S/C30H42N2O8/c1-36-19-12-28(34)21-17(11-16(19)22(21)38-3)29-20(37-2)9-10-27(14-40-25(33)15-7-5-6-8-18(15)31)13-32-26(29)30(28,35)24(39-4)23(27)29/h5-8,16-17,19-24,26,32,34-35H,9-14,31H2,1-4H3. The number of carbonyl (C=O) groups excluding carboxylic acids is 1. The SMILES string of the molecule is COC1CC2(O)C3C(OC)C1CC3C13C(OC)CCC4(COC(=O)c5ccccc5N)CNC1C2(O)C(OC)C43. The maximum atomic E-state index is 13.2. The number of nitrogens with two attached hydrogens (primary N) is 1. The second-order valence-electron chi connectivity index (χ2n) is 13.2. The van der Waals surface area contributed by atoms with E-state index in [9.17, 15) is 15.0 Å². The van der Waals surface area contributed by atoms with E-state index in [4.69, 9.17) is 29.4 Å². The Balaban J connectivity index is 1.37. The van der Waals surface area contributed by atoms with Crippen LogP contribution in [0.1, 0.15) is 36.0 Å². The third-order valence-corrected chi connectivity index (χ3v) is 12.4. The van der Waals surface area contributed by atoms with Gasteiger partial charge in [0.1, 0.15) is 11.2 Å². The molecule has 6 aliphatic rings. The first-order valence-corrected chi connectivity index (χ1v) is 14.5. The Hall–Kier alpha value is -1.79. The second kappa shape index (κ2) is 8.86. The van der Waals surface area contributed by atoms with E-state index in [0.29, 0.717) is 24.2 Å². The Morgan fingerprint density at radius 3 is 2.55 bits per heavy atom. The molecule has 7 bridgehead atoms. The summed E-state index contributed by atoms with van der Waals surface area (Å²) in [5, 5.41) is 29.5. The summed E-state index contributed by atoms with van der Waals surface area (Å²) in [4.78, 5) is 13.2. The first kappa shape index (κ1) is 27.1. The molecule has 13 atom stereocenters. The van der Waals surface area contributed by atoms with Crippen molar-refractivity contribution in [3.63, 3.8) is 0 Å². The molecule has 1 spiro atoms. The van der Waals surface area contributed by atoms with Crippen molar-refractivity contribution in [2.45, 2.75) is 67.3 Å². The molecular formula is C30H42N2O8. The van der Waals surface area contributed by atoms with Gasteiger partial charge in [0.05, 0.1) is 42.6 Å². The van der Waals surface area contributed by atoms with Gasteiger partial charge in [-0.05, 0) is 37.3 Å². The van der Waals surface area contributed by atoms with Gasteiger partial charge in [0, 0.05) is 75.7 Å². The molecule has 1 aromatic carbocycles. The zero-order chi connectivity index (χ0) is 28.2. The predicted octanol–water partition coefficient (Wildman–Crippen LogP) is 0.986. The zero-order valence-corrected chi connectivity index (χ0v) is 23.7. The van der Waals surface area contributed by atoms with Gasteiger partial charge in [0.15, 0.2) is 0 Å². The van der Waals surface area contributed by atoms with Crippen molar-refractivity contribution in [3.8, 4) is 0 Å². The lowest BCUT2D eigenvalue weighted by atomic mass is 9.43. The van der Waals surface area contributed by atoms with Crippen LogP contribution in [0.5, 0.6) is 0 Å². The van der Waals surface area contributed by atoms with Crippen LogP contribution in [0.3, 0.4) is 0 Å². The molecule has 5 saturated carbocycles. The number of rotatable bonds is 7. The molecule has 5 aliphatic carbocycles. The average Bonchev–Trinajstić information content (AvgIpc) is 3.36. The van der Waals surface area contributed by atoms with Crippen LogP contribution in [0.2, 0.25) is 0 Å². The molecule has 7 rings (SSSR count). The molecule has 0 radical (unpaired) electrons. The number of esters is 1. The van der Waals surface area contributed by atoms with E-state index in [-0.39, 0.29) is 48.6 Å². The van der Waals surface area contributed by atoms with Crippen LogP contribution >= 0.6 is 0 Å². The maximum Gasteiger partial charge on any atom is 0.340 e. The van der Waals surface area contributed by atoms with Crippen LogP contribution in [0.15, 0.2) is 24.3 Å². The predicted molar refractivity (Wildman–Crippen MR) is 143 cm³/mol. The highest BCUT2D eigenvalue weighted by atomic mass is 16.5. The topological polar surface area (TPSA) is 142 Å². The number of carbonyl (C=O) groups is 1. The van der Waals surface area contributed by atoms with Gasteiger partial charge >= 0.3 is 5.97 Å². The Morgan fingerprint density at radius 2 is 1.88 bits per heavy atom. The van der Waals surface area contributed by atoms with Crippen LogP contribution in [-0.4, -0.2) is 99.4 Å². The van der Waals surface area contributed by atoms with E-state index in [1.54, 1.807) is 52.7 Å². The van der Waals surface area contributed by atoms with E-state index >= 15 is 0 Å². The van der Waals surface area contributed by atoms with Crippen LogP contribution in [0.4, 0.5) is 5.69 Å². The fraction of sp³-hybridized carbons (Fsp3) is 0.767. The van der Waals surface area contributed by atoms with E-state index < -0.39 is 40.1 Å². The lowest BCUT2D eigenvalue weighted by Gasteiger charge is -2.67. The average molecular weight is 559 g/mol. The molecule has 1 heterocycles. The number of piperidine rings is 1. The van der Waals surface area contributed by atoms with E-state index in [1.807, 2.05) is 0 Å². The summed E-state index contributed by atoms with van der Waals surface area (Å²) in [5.74, 6) is -0.918.